The van der Waals surface area contributed by atoms with Gasteiger partial charge in [-0.1, -0.05) is 45.1 Å². The molecule has 0 aliphatic heterocycles. The lowest BCUT2D eigenvalue weighted by molar-refractivity contribution is 0.492. The van der Waals surface area contributed by atoms with Gasteiger partial charge in [0.1, 0.15) is 5.75 Å². The van der Waals surface area contributed by atoms with Crippen molar-refractivity contribution in [3.8, 4) is 5.75 Å². The van der Waals surface area contributed by atoms with Crippen molar-refractivity contribution in [1.29, 1.82) is 0 Å². The van der Waals surface area contributed by atoms with Crippen LogP contribution in [0.5, 0.6) is 5.75 Å². The summed E-state index contributed by atoms with van der Waals surface area (Å²) in [6.45, 7) is 11.4. The van der Waals surface area contributed by atoms with Crippen LogP contribution < -0.4 is 4.43 Å². The van der Waals surface area contributed by atoms with Gasteiger partial charge < -0.3 is 4.43 Å². The third-order valence-corrected chi connectivity index (χ3v) is 9.10. The van der Waals surface area contributed by atoms with Crippen molar-refractivity contribution in [2.45, 2.75) is 64.1 Å². The molecule has 0 aromatic heterocycles. The first kappa shape index (κ1) is 15.4. The molecule has 0 fully saturated rings. The lowest BCUT2D eigenvalue weighted by atomic mass is 9.89. The maximum atomic E-state index is 6.33. The molecule has 0 amide bonds. The quantitative estimate of drug-likeness (QED) is 0.497. The van der Waals surface area contributed by atoms with E-state index in [1.54, 1.807) is 0 Å². The van der Waals surface area contributed by atoms with Crippen molar-refractivity contribution >= 4 is 8.32 Å². The van der Waals surface area contributed by atoms with Crippen LogP contribution in [0, 0.1) is 0 Å². The molecular formula is C18H28OSi. The highest BCUT2D eigenvalue weighted by Gasteiger charge is 2.38. The first-order chi connectivity index (χ1) is 9.29. The summed E-state index contributed by atoms with van der Waals surface area (Å²) < 4.78 is 6.33. The molecule has 2 heteroatoms. The summed E-state index contributed by atoms with van der Waals surface area (Å²) in [6, 6.07) is 8.78. The monoisotopic (exact) mass is 288 g/mol. The van der Waals surface area contributed by atoms with Gasteiger partial charge in [-0.15, -0.1) is 0 Å². The van der Waals surface area contributed by atoms with Gasteiger partial charge in [-0.25, -0.2) is 0 Å². The smallest absolute Gasteiger partial charge is 0.250 e. The second-order valence-electron chi connectivity index (χ2n) is 7.40. The molecule has 0 bridgehead atoms. The molecule has 0 radical (unpaired) electrons. The Kier molecular flexibility index (Phi) is 4.43. The van der Waals surface area contributed by atoms with Gasteiger partial charge in [0, 0.05) is 5.92 Å². The topological polar surface area (TPSA) is 9.23 Å². The maximum Gasteiger partial charge on any atom is 0.250 e. The Morgan fingerprint density at radius 2 is 1.75 bits per heavy atom. The van der Waals surface area contributed by atoms with Crippen LogP contribution in [0.1, 0.15) is 51.5 Å². The van der Waals surface area contributed by atoms with E-state index >= 15 is 0 Å². The first-order valence-electron chi connectivity index (χ1n) is 7.75. The minimum atomic E-state index is -1.72. The minimum Gasteiger partial charge on any atom is -0.544 e. The molecule has 1 aromatic carbocycles. The molecule has 0 saturated heterocycles. The summed E-state index contributed by atoms with van der Waals surface area (Å²) >= 11 is 0. The second kappa shape index (κ2) is 5.77. The van der Waals surface area contributed by atoms with Crippen molar-refractivity contribution in [2.24, 2.45) is 0 Å². The third-order valence-electron chi connectivity index (χ3n) is 4.74. The summed E-state index contributed by atoms with van der Waals surface area (Å²) in [7, 11) is -1.72. The second-order valence-corrected chi connectivity index (χ2v) is 12.1. The summed E-state index contributed by atoms with van der Waals surface area (Å²) in [5.74, 6) is 1.63. The fraction of sp³-hybridized carbons (Fsp3) is 0.556. The molecule has 1 nitrogen and oxygen atoms in total. The predicted octanol–water partition coefficient (Wildman–Crippen LogP) is 5.89. The van der Waals surface area contributed by atoms with E-state index in [1.807, 2.05) is 0 Å². The molecule has 1 aromatic rings. The highest BCUT2D eigenvalue weighted by Crippen LogP contribution is 2.37. The Balaban J connectivity index is 2.09. The Labute approximate surface area is 125 Å². The van der Waals surface area contributed by atoms with Gasteiger partial charge in [0.25, 0.3) is 0 Å². The zero-order valence-electron chi connectivity index (χ0n) is 13.6. The lowest BCUT2D eigenvalue weighted by Gasteiger charge is -2.36. The van der Waals surface area contributed by atoms with E-state index in [0.717, 1.165) is 5.75 Å². The molecule has 20 heavy (non-hydrogen) atoms. The minimum absolute atomic E-state index is 0.248. The fourth-order valence-corrected chi connectivity index (χ4v) is 3.35. The van der Waals surface area contributed by atoms with Gasteiger partial charge in [0.05, 0.1) is 0 Å². The summed E-state index contributed by atoms with van der Waals surface area (Å²) in [4.78, 5) is 0. The van der Waals surface area contributed by atoms with Crippen LogP contribution in [-0.4, -0.2) is 8.32 Å². The fourth-order valence-electron chi connectivity index (χ4n) is 2.32. The van der Waals surface area contributed by atoms with E-state index in [9.17, 15) is 0 Å². The van der Waals surface area contributed by atoms with Crippen LogP contribution in [0.15, 0.2) is 36.4 Å². The standard InChI is InChI=1S/C18H28OSi/c1-18(2,3)20(4,5)19-17-13-11-16(12-14-17)15-9-7-6-8-10-15/h7,9,11-15H,6,8,10H2,1-5H3/t15-/m1/s1. The van der Waals surface area contributed by atoms with Crippen LogP contribution in [-0.2, 0) is 0 Å². The molecule has 110 valence electrons. The van der Waals surface area contributed by atoms with Gasteiger partial charge in [0.15, 0.2) is 0 Å². The zero-order valence-corrected chi connectivity index (χ0v) is 14.6. The summed E-state index contributed by atoms with van der Waals surface area (Å²) in [5.41, 5.74) is 1.42. The molecule has 0 unspecified atom stereocenters. The normalized spacial score (nSPS) is 19.9. The molecule has 0 spiro atoms. The van der Waals surface area contributed by atoms with Gasteiger partial charge in [0.2, 0.25) is 8.32 Å². The van der Waals surface area contributed by atoms with Crippen molar-refractivity contribution in [3.63, 3.8) is 0 Å². The lowest BCUT2D eigenvalue weighted by Crippen LogP contribution is -2.43. The number of benzene rings is 1. The van der Waals surface area contributed by atoms with E-state index < -0.39 is 8.32 Å². The van der Waals surface area contributed by atoms with E-state index in [1.165, 1.54) is 24.8 Å². The van der Waals surface area contributed by atoms with Crippen LogP contribution in [0.2, 0.25) is 18.1 Å². The van der Waals surface area contributed by atoms with Gasteiger partial charge >= 0.3 is 0 Å². The Morgan fingerprint density at radius 1 is 1.10 bits per heavy atom. The maximum absolute atomic E-state index is 6.33. The molecule has 1 atom stereocenters. The van der Waals surface area contributed by atoms with Gasteiger partial charge in [-0.3, -0.25) is 0 Å². The van der Waals surface area contributed by atoms with E-state index in [2.05, 4.69) is 70.3 Å². The van der Waals surface area contributed by atoms with E-state index in [4.69, 9.17) is 4.43 Å². The highest BCUT2D eigenvalue weighted by atomic mass is 28.4. The first-order valence-corrected chi connectivity index (χ1v) is 10.7. The predicted molar refractivity (Wildman–Crippen MR) is 90.0 cm³/mol. The number of rotatable bonds is 3. The zero-order chi connectivity index (χ0) is 14.8. The van der Waals surface area contributed by atoms with E-state index in [-0.39, 0.29) is 5.04 Å². The van der Waals surface area contributed by atoms with E-state index in [0.29, 0.717) is 5.92 Å². The average Bonchev–Trinajstić information content (AvgIpc) is 2.39. The van der Waals surface area contributed by atoms with Crippen molar-refractivity contribution in [1.82, 2.24) is 0 Å². The Hall–Kier alpha value is -1.02. The number of allylic oxidation sites excluding steroid dienone is 2. The Morgan fingerprint density at radius 3 is 2.25 bits per heavy atom. The van der Waals surface area contributed by atoms with Gasteiger partial charge in [-0.2, -0.15) is 0 Å². The molecule has 1 aliphatic carbocycles. The molecule has 0 N–H and O–H groups in total. The van der Waals surface area contributed by atoms with Crippen molar-refractivity contribution in [3.05, 3.63) is 42.0 Å². The largest absolute Gasteiger partial charge is 0.544 e. The van der Waals surface area contributed by atoms with Crippen molar-refractivity contribution in [2.75, 3.05) is 0 Å². The molecule has 2 rings (SSSR count). The molecular weight excluding hydrogens is 260 g/mol. The van der Waals surface area contributed by atoms with Crippen LogP contribution >= 0.6 is 0 Å². The highest BCUT2D eigenvalue weighted by molar-refractivity contribution is 6.74. The van der Waals surface area contributed by atoms with Crippen molar-refractivity contribution < 1.29 is 4.43 Å². The average molecular weight is 289 g/mol. The van der Waals surface area contributed by atoms with Crippen LogP contribution in [0.25, 0.3) is 0 Å². The summed E-state index contributed by atoms with van der Waals surface area (Å²) in [5, 5.41) is 0.248. The van der Waals surface area contributed by atoms with Crippen LogP contribution in [0.4, 0.5) is 0 Å². The van der Waals surface area contributed by atoms with Crippen LogP contribution in [0.3, 0.4) is 0 Å². The SMILES string of the molecule is CC(C)(C)[Si](C)(C)Oc1ccc([C@@H]2C=CCCC2)cc1. The summed E-state index contributed by atoms with van der Waals surface area (Å²) in [6.07, 6.45) is 8.49. The Bertz CT molecular complexity index is 465. The molecule has 1 aliphatic rings. The number of hydrogen-bond donors (Lipinski definition) is 0. The van der Waals surface area contributed by atoms with Gasteiger partial charge in [-0.05, 0) is 55.1 Å². The molecule has 0 heterocycles. The third kappa shape index (κ3) is 3.54. The number of hydrogen-bond acceptors (Lipinski definition) is 1. The molecule has 0 saturated carbocycles.